The van der Waals surface area contributed by atoms with Crippen molar-refractivity contribution < 1.29 is 9.84 Å². The van der Waals surface area contributed by atoms with Crippen molar-refractivity contribution in [1.29, 1.82) is 0 Å². The van der Waals surface area contributed by atoms with Crippen molar-refractivity contribution in [2.75, 3.05) is 13.7 Å². The molecular weight excluding hydrogens is 226 g/mol. The first-order chi connectivity index (χ1) is 8.74. The van der Waals surface area contributed by atoms with E-state index in [9.17, 15) is 5.11 Å². The third-order valence-electron chi connectivity index (χ3n) is 3.63. The number of rotatable bonds is 7. The molecule has 0 spiro atoms. The van der Waals surface area contributed by atoms with Gasteiger partial charge in [-0.1, -0.05) is 25.5 Å². The number of aliphatic hydroxyl groups excluding tert-OH is 1. The predicted octanol–water partition coefficient (Wildman–Crippen LogP) is 2.51. The monoisotopic (exact) mass is 249 g/mol. The summed E-state index contributed by atoms with van der Waals surface area (Å²) in [4.78, 5) is 0. The Labute approximate surface area is 109 Å². The molecule has 3 nitrogen and oxygen atoms in total. The molecule has 0 amide bonds. The second-order valence-corrected chi connectivity index (χ2v) is 5.09. The Morgan fingerprint density at radius 1 is 1.50 bits per heavy atom. The van der Waals surface area contributed by atoms with Crippen LogP contribution in [0.1, 0.15) is 37.9 Å². The number of ether oxygens (including phenoxy) is 1. The Morgan fingerprint density at radius 3 is 3.06 bits per heavy atom. The number of hydrogen-bond donors (Lipinski definition) is 2. The molecule has 1 aromatic carbocycles. The van der Waals surface area contributed by atoms with Gasteiger partial charge in [-0.3, -0.25) is 0 Å². The van der Waals surface area contributed by atoms with Crippen LogP contribution in [-0.2, 0) is 0 Å². The highest BCUT2D eigenvalue weighted by Crippen LogP contribution is 2.34. The highest BCUT2D eigenvalue weighted by atomic mass is 16.5. The maximum absolute atomic E-state index is 10.1. The molecule has 1 aliphatic carbocycles. The van der Waals surface area contributed by atoms with Crippen LogP contribution in [0.15, 0.2) is 24.3 Å². The first-order valence-electron chi connectivity index (χ1n) is 6.80. The molecule has 100 valence electrons. The quantitative estimate of drug-likeness (QED) is 0.780. The maximum atomic E-state index is 10.1. The average molecular weight is 249 g/mol. The van der Waals surface area contributed by atoms with Gasteiger partial charge in [-0.25, -0.2) is 0 Å². The Bertz CT molecular complexity index is 381. The first kappa shape index (κ1) is 13.4. The summed E-state index contributed by atoms with van der Waals surface area (Å²) in [5.74, 6) is 1.62. The molecule has 0 radical (unpaired) electrons. The molecule has 0 aliphatic heterocycles. The topological polar surface area (TPSA) is 41.5 Å². The van der Waals surface area contributed by atoms with E-state index in [1.807, 2.05) is 24.3 Å². The highest BCUT2D eigenvalue weighted by Gasteiger charge is 2.35. The predicted molar refractivity (Wildman–Crippen MR) is 72.8 cm³/mol. The van der Waals surface area contributed by atoms with E-state index < -0.39 is 6.10 Å². The summed E-state index contributed by atoms with van der Waals surface area (Å²) in [5.41, 5.74) is 0.912. The van der Waals surface area contributed by atoms with Gasteiger partial charge in [0, 0.05) is 12.6 Å². The van der Waals surface area contributed by atoms with Gasteiger partial charge in [0.05, 0.1) is 13.2 Å². The van der Waals surface area contributed by atoms with E-state index in [2.05, 4.69) is 12.2 Å². The summed E-state index contributed by atoms with van der Waals surface area (Å²) in [6.45, 7) is 2.85. The standard InChI is InChI=1S/C15H23NO2/c1-3-5-11-9-14(11)16-10-15(17)12-6-4-7-13(8-12)18-2/h4,6-8,11,14-17H,3,5,9-10H2,1-2H3. The Hall–Kier alpha value is -1.06. The zero-order valence-corrected chi connectivity index (χ0v) is 11.2. The van der Waals surface area contributed by atoms with Crippen LogP contribution in [0.2, 0.25) is 0 Å². The number of nitrogens with one attached hydrogen (secondary N) is 1. The minimum atomic E-state index is -0.456. The van der Waals surface area contributed by atoms with Gasteiger partial charge in [0.1, 0.15) is 5.75 Å². The molecule has 0 bridgehead atoms. The van der Waals surface area contributed by atoms with Crippen LogP contribution in [0.3, 0.4) is 0 Å². The molecule has 1 fully saturated rings. The lowest BCUT2D eigenvalue weighted by Crippen LogP contribution is -2.24. The molecular formula is C15H23NO2. The smallest absolute Gasteiger partial charge is 0.119 e. The van der Waals surface area contributed by atoms with E-state index in [0.717, 1.165) is 17.2 Å². The fourth-order valence-corrected chi connectivity index (χ4v) is 2.42. The summed E-state index contributed by atoms with van der Waals surface area (Å²) in [5, 5.41) is 13.6. The van der Waals surface area contributed by atoms with Crippen LogP contribution in [0.5, 0.6) is 5.75 Å². The van der Waals surface area contributed by atoms with Gasteiger partial charge < -0.3 is 15.2 Å². The SMILES string of the molecule is CCCC1CC1NCC(O)c1cccc(OC)c1. The van der Waals surface area contributed by atoms with Gasteiger partial charge in [0.15, 0.2) is 0 Å². The van der Waals surface area contributed by atoms with E-state index in [-0.39, 0.29) is 0 Å². The van der Waals surface area contributed by atoms with Crippen molar-refractivity contribution in [2.24, 2.45) is 5.92 Å². The van der Waals surface area contributed by atoms with Crippen molar-refractivity contribution >= 4 is 0 Å². The van der Waals surface area contributed by atoms with E-state index in [0.29, 0.717) is 12.6 Å². The van der Waals surface area contributed by atoms with Gasteiger partial charge >= 0.3 is 0 Å². The Balaban J connectivity index is 1.79. The molecule has 0 heterocycles. The maximum Gasteiger partial charge on any atom is 0.119 e. The minimum absolute atomic E-state index is 0.456. The fourth-order valence-electron chi connectivity index (χ4n) is 2.42. The molecule has 2 rings (SSSR count). The number of methoxy groups -OCH3 is 1. The molecule has 1 aliphatic rings. The molecule has 3 unspecified atom stereocenters. The molecule has 0 saturated heterocycles. The van der Waals surface area contributed by atoms with Crippen LogP contribution < -0.4 is 10.1 Å². The fraction of sp³-hybridized carbons (Fsp3) is 0.600. The minimum Gasteiger partial charge on any atom is -0.497 e. The number of benzene rings is 1. The summed E-state index contributed by atoms with van der Waals surface area (Å²) in [6, 6.07) is 8.25. The number of aliphatic hydroxyl groups is 1. The second kappa shape index (κ2) is 6.21. The van der Waals surface area contributed by atoms with Crippen LogP contribution in [0.25, 0.3) is 0 Å². The molecule has 0 aromatic heterocycles. The van der Waals surface area contributed by atoms with Gasteiger partial charge in [0.25, 0.3) is 0 Å². The van der Waals surface area contributed by atoms with E-state index in [4.69, 9.17) is 4.74 Å². The first-order valence-corrected chi connectivity index (χ1v) is 6.80. The Morgan fingerprint density at radius 2 is 2.33 bits per heavy atom. The summed E-state index contributed by atoms with van der Waals surface area (Å²) in [7, 11) is 1.64. The van der Waals surface area contributed by atoms with Crippen molar-refractivity contribution in [3.8, 4) is 5.75 Å². The third-order valence-corrected chi connectivity index (χ3v) is 3.63. The third kappa shape index (κ3) is 3.47. The van der Waals surface area contributed by atoms with Gasteiger partial charge in [0.2, 0.25) is 0 Å². The van der Waals surface area contributed by atoms with Crippen LogP contribution >= 0.6 is 0 Å². The summed E-state index contributed by atoms with van der Waals surface area (Å²) in [6.07, 6.45) is 3.36. The van der Waals surface area contributed by atoms with Crippen molar-refractivity contribution in [1.82, 2.24) is 5.32 Å². The molecule has 3 heteroatoms. The number of hydrogen-bond acceptors (Lipinski definition) is 3. The largest absolute Gasteiger partial charge is 0.497 e. The molecule has 1 aromatic rings. The lowest BCUT2D eigenvalue weighted by Gasteiger charge is -2.13. The van der Waals surface area contributed by atoms with Crippen LogP contribution in [0, 0.1) is 5.92 Å². The van der Waals surface area contributed by atoms with Crippen LogP contribution in [0.4, 0.5) is 0 Å². The van der Waals surface area contributed by atoms with Gasteiger partial charge in [-0.05, 0) is 36.5 Å². The van der Waals surface area contributed by atoms with Gasteiger partial charge in [-0.2, -0.15) is 0 Å². The molecule has 18 heavy (non-hydrogen) atoms. The highest BCUT2D eigenvalue weighted by molar-refractivity contribution is 5.29. The lowest BCUT2D eigenvalue weighted by atomic mass is 10.1. The zero-order valence-electron chi connectivity index (χ0n) is 11.2. The summed E-state index contributed by atoms with van der Waals surface area (Å²) >= 11 is 0. The van der Waals surface area contributed by atoms with Crippen molar-refractivity contribution in [2.45, 2.75) is 38.3 Å². The van der Waals surface area contributed by atoms with Crippen molar-refractivity contribution in [3.05, 3.63) is 29.8 Å². The van der Waals surface area contributed by atoms with E-state index >= 15 is 0 Å². The van der Waals surface area contributed by atoms with Gasteiger partial charge in [-0.15, -0.1) is 0 Å². The molecule has 2 N–H and O–H groups in total. The average Bonchev–Trinajstić information content (AvgIpc) is 3.15. The van der Waals surface area contributed by atoms with E-state index in [1.54, 1.807) is 7.11 Å². The molecule has 3 atom stereocenters. The molecule has 1 saturated carbocycles. The normalized spacial score (nSPS) is 23.7. The zero-order chi connectivity index (χ0) is 13.0. The summed E-state index contributed by atoms with van der Waals surface area (Å²) < 4.78 is 5.16. The van der Waals surface area contributed by atoms with Crippen LogP contribution in [-0.4, -0.2) is 24.8 Å². The van der Waals surface area contributed by atoms with E-state index in [1.165, 1.54) is 19.3 Å². The van der Waals surface area contributed by atoms with Crippen molar-refractivity contribution in [3.63, 3.8) is 0 Å². The lowest BCUT2D eigenvalue weighted by molar-refractivity contribution is 0.173. The Kier molecular flexibility index (Phi) is 4.61. The second-order valence-electron chi connectivity index (χ2n) is 5.09.